The molecule has 0 heterocycles. The van der Waals surface area contributed by atoms with E-state index >= 15 is 0 Å². The number of halogens is 2. The van der Waals surface area contributed by atoms with E-state index in [1.54, 1.807) is 6.07 Å². The van der Waals surface area contributed by atoms with E-state index in [9.17, 15) is 4.39 Å². The molecular weight excluding hydrogens is 445 g/mol. The second-order valence-electron chi connectivity index (χ2n) is 9.33. The summed E-state index contributed by atoms with van der Waals surface area (Å²) in [6, 6.07) is 10.1. The van der Waals surface area contributed by atoms with Gasteiger partial charge in [0, 0.05) is 31.1 Å². The fourth-order valence-corrected chi connectivity index (χ4v) is 5.04. The number of nitrogens with zero attached hydrogens (tertiary/aromatic N) is 1. The molecule has 3 nitrogen and oxygen atoms in total. The van der Waals surface area contributed by atoms with Gasteiger partial charge in [0.05, 0.1) is 16.4 Å². The monoisotopic (exact) mass is 487 g/mol. The van der Waals surface area contributed by atoms with Crippen molar-refractivity contribution in [1.29, 1.82) is 0 Å². The van der Waals surface area contributed by atoms with E-state index in [0.717, 1.165) is 66.8 Å². The maximum absolute atomic E-state index is 14.8. The van der Waals surface area contributed by atoms with E-state index in [2.05, 4.69) is 70.5 Å². The number of hydrogen-bond acceptors (Lipinski definition) is 3. The molecule has 0 fully saturated rings. The van der Waals surface area contributed by atoms with Gasteiger partial charge < -0.3 is 11.1 Å². The van der Waals surface area contributed by atoms with E-state index in [-0.39, 0.29) is 22.8 Å². The van der Waals surface area contributed by atoms with E-state index in [1.807, 2.05) is 12.1 Å². The number of nitrogens with two attached hydrogens (primary N) is 1. The highest BCUT2D eigenvalue weighted by Crippen LogP contribution is 2.33. The molecule has 2 rings (SSSR count). The highest BCUT2D eigenvalue weighted by molar-refractivity contribution is 6.30. The lowest BCUT2D eigenvalue weighted by Crippen LogP contribution is -2.44. The van der Waals surface area contributed by atoms with Crippen LogP contribution in [0.4, 0.5) is 15.8 Å². The zero-order valence-corrected chi connectivity index (χ0v) is 22.6. The van der Waals surface area contributed by atoms with Gasteiger partial charge in [0.25, 0.3) is 0 Å². The van der Waals surface area contributed by atoms with Crippen molar-refractivity contribution in [3.63, 3.8) is 0 Å². The molecule has 0 saturated carbocycles. The van der Waals surface area contributed by atoms with Crippen LogP contribution in [-0.4, -0.2) is 30.1 Å². The number of benzene rings is 2. The summed E-state index contributed by atoms with van der Waals surface area (Å²) < 4.78 is 14.8. The van der Waals surface area contributed by atoms with Crippen molar-refractivity contribution in [3.05, 3.63) is 64.4 Å². The lowest BCUT2D eigenvalue weighted by atomic mass is 9.87. The first kappa shape index (κ1) is 28.2. The van der Waals surface area contributed by atoms with Crippen LogP contribution in [0.25, 0.3) is 5.57 Å². The molecule has 3 atom stereocenters. The molecule has 0 spiro atoms. The Hall–Kier alpha value is -2.04. The first-order valence-corrected chi connectivity index (χ1v) is 13.1. The maximum Gasteiger partial charge on any atom is 0.145 e. The van der Waals surface area contributed by atoms with Crippen LogP contribution in [0.15, 0.2) is 36.9 Å². The molecule has 0 aliphatic heterocycles. The SMILES string of the molecule is C=C(CC)c1ccc(NCCCN(C(C)CC)C(C)C(CC)c2cccc(Cl)c2F)c(N)c1C. The maximum atomic E-state index is 14.8. The average Bonchev–Trinajstić information content (AvgIpc) is 2.83. The number of nitrogen functional groups attached to an aromatic ring is 1. The number of anilines is 2. The van der Waals surface area contributed by atoms with Gasteiger partial charge >= 0.3 is 0 Å². The normalized spacial score (nSPS) is 14.1. The van der Waals surface area contributed by atoms with E-state index in [0.29, 0.717) is 11.6 Å². The van der Waals surface area contributed by atoms with Crippen molar-refractivity contribution >= 4 is 28.5 Å². The lowest BCUT2D eigenvalue weighted by Gasteiger charge is -2.39. The molecule has 0 aliphatic carbocycles. The van der Waals surface area contributed by atoms with Crippen LogP contribution in [0.5, 0.6) is 0 Å². The molecular formula is C29H43ClFN3. The van der Waals surface area contributed by atoms with Gasteiger partial charge in [-0.05, 0) is 80.9 Å². The third kappa shape index (κ3) is 6.55. The number of hydrogen-bond donors (Lipinski definition) is 2. The van der Waals surface area contributed by atoms with Crippen molar-refractivity contribution in [2.45, 2.75) is 85.2 Å². The van der Waals surface area contributed by atoms with Crippen LogP contribution >= 0.6 is 11.6 Å². The molecule has 0 aromatic heterocycles. The molecule has 5 heteroatoms. The van der Waals surface area contributed by atoms with Crippen LogP contribution < -0.4 is 11.1 Å². The highest BCUT2D eigenvalue weighted by Gasteiger charge is 2.28. The molecule has 3 unspecified atom stereocenters. The Morgan fingerprint density at radius 2 is 1.85 bits per heavy atom. The average molecular weight is 488 g/mol. The molecule has 0 amide bonds. The van der Waals surface area contributed by atoms with Crippen LogP contribution in [0.1, 0.15) is 82.9 Å². The number of allylic oxidation sites excluding steroid dienone is 1. The van der Waals surface area contributed by atoms with Crippen LogP contribution in [0, 0.1) is 12.7 Å². The molecule has 2 aromatic rings. The van der Waals surface area contributed by atoms with Gasteiger partial charge in [0.15, 0.2) is 0 Å². The largest absolute Gasteiger partial charge is 0.397 e. The minimum absolute atomic E-state index is 0.0816. The van der Waals surface area contributed by atoms with Crippen molar-refractivity contribution in [1.82, 2.24) is 4.90 Å². The molecule has 2 aromatic carbocycles. The number of nitrogens with one attached hydrogen (secondary N) is 1. The van der Waals surface area contributed by atoms with Gasteiger partial charge in [-0.1, -0.05) is 57.2 Å². The third-order valence-corrected chi connectivity index (χ3v) is 7.61. The summed E-state index contributed by atoms with van der Waals surface area (Å²) in [7, 11) is 0. The topological polar surface area (TPSA) is 41.3 Å². The van der Waals surface area contributed by atoms with Gasteiger partial charge in [-0.15, -0.1) is 0 Å². The highest BCUT2D eigenvalue weighted by atomic mass is 35.5. The van der Waals surface area contributed by atoms with E-state index in [1.165, 1.54) is 0 Å². The summed E-state index contributed by atoms with van der Waals surface area (Å²) in [6.45, 7) is 18.9. The summed E-state index contributed by atoms with van der Waals surface area (Å²) in [5, 5.41) is 3.72. The van der Waals surface area contributed by atoms with Crippen molar-refractivity contribution in [3.8, 4) is 0 Å². The van der Waals surface area contributed by atoms with E-state index < -0.39 is 0 Å². The molecule has 0 aliphatic rings. The Kier molecular flexibility index (Phi) is 10.9. The van der Waals surface area contributed by atoms with Crippen LogP contribution in [0.2, 0.25) is 5.02 Å². The second kappa shape index (κ2) is 13.2. The predicted molar refractivity (Wildman–Crippen MR) is 148 cm³/mol. The molecule has 188 valence electrons. The van der Waals surface area contributed by atoms with Gasteiger partial charge in [-0.25, -0.2) is 4.39 Å². The zero-order chi connectivity index (χ0) is 25.4. The molecule has 0 bridgehead atoms. The van der Waals surface area contributed by atoms with Gasteiger partial charge in [0.2, 0.25) is 0 Å². The Bertz CT molecular complexity index is 959. The fraction of sp³-hybridized carbons (Fsp3) is 0.517. The summed E-state index contributed by atoms with van der Waals surface area (Å²) >= 11 is 6.10. The zero-order valence-electron chi connectivity index (χ0n) is 21.8. The third-order valence-electron chi connectivity index (χ3n) is 7.31. The fourth-order valence-electron chi connectivity index (χ4n) is 4.86. The predicted octanol–water partition coefficient (Wildman–Crippen LogP) is 8.28. The smallest absolute Gasteiger partial charge is 0.145 e. The number of rotatable bonds is 13. The Labute approximate surface area is 211 Å². The van der Waals surface area contributed by atoms with Gasteiger partial charge in [-0.3, -0.25) is 4.90 Å². The summed E-state index contributed by atoms with van der Waals surface area (Å²) in [5.41, 5.74) is 12.2. The van der Waals surface area contributed by atoms with Gasteiger partial charge in [0.1, 0.15) is 5.82 Å². The van der Waals surface area contributed by atoms with Crippen molar-refractivity contribution < 1.29 is 4.39 Å². The minimum Gasteiger partial charge on any atom is -0.397 e. The molecule has 0 saturated heterocycles. The van der Waals surface area contributed by atoms with Crippen molar-refractivity contribution in [2.75, 3.05) is 24.1 Å². The summed E-state index contributed by atoms with van der Waals surface area (Å²) in [5.74, 6) is -0.202. The second-order valence-corrected chi connectivity index (χ2v) is 9.74. The Balaban J connectivity index is 2.09. The minimum atomic E-state index is -0.284. The van der Waals surface area contributed by atoms with Crippen LogP contribution in [-0.2, 0) is 0 Å². The van der Waals surface area contributed by atoms with Crippen molar-refractivity contribution in [2.24, 2.45) is 0 Å². The van der Waals surface area contributed by atoms with E-state index in [4.69, 9.17) is 17.3 Å². The molecule has 0 radical (unpaired) electrons. The Morgan fingerprint density at radius 1 is 1.15 bits per heavy atom. The molecule has 3 N–H and O–H groups in total. The lowest BCUT2D eigenvalue weighted by molar-refractivity contribution is 0.126. The quantitative estimate of drug-likeness (QED) is 0.220. The van der Waals surface area contributed by atoms with Gasteiger partial charge in [-0.2, -0.15) is 0 Å². The van der Waals surface area contributed by atoms with Crippen LogP contribution in [0.3, 0.4) is 0 Å². The molecule has 34 heavy (non-hydrogen) atoms. The first-order valence-electron chi connectivity index (χ1n) is 12.7. The summed E-state index contributed by atoms with van der Waals surface area (Å²) in [4.78, 5) is 2.51. The first-order chi connectivity index (χ1) is 16.2. The summed E-state index contributed by atoms with van der Waals surface area (Å²) in [6.07, 6.45) is 3.77. The Morgan fingerprint density at radius 3 is 2.47 bits per heavy atom. The standard InChI is InChI=1S/C29H43ClFN3/c1-8-19(4)24-15-16-27(29(32)21(24)6)33-17-12-18-34(20(5)9-2)22(7)23(10-3)25-13-11-14-26(30)28(25)31/h11,13-16,20,22-23,33H,4,8-10,12,17-18,32H2,1-3,5-7H3.